The molecule has 1 aromatic heterocycles. The molecule has 0 saturated carbocycles. The fourth-order valence-electron chi connectivity index (χ4n) is 1.75. The molecule has 18 heavy (non-hydrogen) atoms. The lowest BCUT2D eigenvalue weighted by Crippen LogP contribution is -2.05. The summed E-state index contributed by atoms with van der Waals surface area (Å²) in [5.74, 6) is 0.946. The topological polar surface area (TPSA) is 43.8 Å². The smallest absolute Gasteiger partial charge is 0.106 e. The SMILES string of the molecule is Cc1nc(C(C)N)cn1Cc1ccc(Br)cc1Cl. The van der Waals surface area contributed by atoms with Gasteiger partial charge in [-0.15, -0.1) is 0 Å². The minimum absolute atomic E-state index is 0.0506. The maximum absolute atomic E-state index is 6.21. The molecular weight excluding hydrogens is 314 g/mol. The molecule has 0 radical (unpaired) electrons. The van der Waals surface area contributed by atoms with Crippen LogP contribution in [0.4, 0.5) is 0 Å². The van der Waals surface area contributed by atoms with Gasteiger partial charge in [0.2, 0.25) is 0 Å². The third kappa shape index (κ3) is 2.94. The van der Waals surface area contributed by atoms with Crippen LogP contribution in [-0.4, -0.2) is 9.55 Å². The molecule has 1 unspecified atom stereocenters. The van der Waals surface area contributed by atoms with Crippen molar-refractivity contribution in [3.8, 4) is 0 Å². The molecule has 0 fully saturated rings. The molecule has 1 heterocycles. The zero-order valence-corrected chi connectivity index (χ0v) is 12.7. The molecular formula is C13H15BrClN3. The summed E-state index contributed by atoms with van der Waals surface area (Å²) in [4.78, 5) is 4.44. The number of nitrogens with zero attached hydrogens (tertiary/aromatic N) is 2. The van der Waals surface area contributed by atoms with Gasteiger partial charge in [0, 0.05) is 21.7 Å². The van der Waals surface area contributed by atoms with Crippen molar-refractivity contribution in [1.29, 1.82) is 0 Å². The number of nitrogens with two attached hydrogens (primary N) is 1. The van der Waals surface area contributed by atoms with Crippen molar-refractivity contribution >= 4 is 27.5 Å². The van der Waals surface area contributed by atoms with E-state index in [0.29, 0.717) is 6.54 Å². The molecule has 0 aliphatic heterocycles. The van der Waals surface area contributed by atoms with Gasteiger partial charge in [-0.3, -0.25) is 0 Å². The van der Waals surface area contributed by atoms with Crippen LogP contribution in [0.3, 0.4) is 0 Å². The fourth-order valence-corrected chi connectivity index (χ4v) is 2.48. The summed E-state index contributed by atoms with van der Waals surface area (Å²) in [6.45, 7) is 4.61. The lowest BCUT2D eigenvalue weighted by Gasteiger charge is -2.07. The minimum Gasteiger partial charge on any atom is -0.330 e. The number of benzene rings is 1. The number of rotatable bonds is 3. The fraction of sp³-hybridized carbons (Fsp3) is 0.308. The highest BCUT2D eigenvalue weighted by atomic mass is 79.9. The molecule has 3 nitrogen and oxygen atoms in total. The number of aryl methyl sites for hydroxylation is 1. The van der Waals surface area contributed by atoms with Gasteiger partial charge in [-0.05, 0) is 31.5 Å². The van der Waals surface area contributed by atoms with Gasteiger partial charge in [0.1, 0.15) is 5.82 Å². The van der Waals surface area contributed by atoms with E-state index in [1.54, 1.807) is 0 Å². The predicted octanol–water partition coefficient (Wildman–Crippen LogP) is 3.68. The molecule has 0 aliphatic carbocycles. The number of hydrogen-bond acceptors (Lipinski definition) is 2. The van der Waals surface area contributed by atoms with Gasteiger partial charge in [0.15, 0.2) is 0 Å². The van der Waals surface area contributed by atoms with Crippen molar-refractivity contribution < 1.29 is 0 Å². The van der Waals surface area contributed by atoms with Gasteiger partial charge in [0.05, 0.1) is 12.2 Å². The van der Waals surface area contributed by atoms with E-state index in [1.807, 2.05) is 38.2 Å². The Morgan fingerprint density at radius 2 is 2.22 bits per heavy atom. The van der Waals surface area contributed by atoms with Gasteiger partial charge in [-0.2, -0.15) is 0 Å². The Balaban J connectivity index is 2.28. The van der Waals surface area contributed by atoms with E-state index >= 15 is 0 Å². The number of hydrogen-bond donors (Lipinski definition) is 1. The van der Waals surface area contributed by atoms with Crippen molar-refractivity contribution in [2.75, 3.05) is 0 Å². The second-order valence-corrected chi connectivity index (χ2v) is 5.69. The standard InChI is InChI=1S/C13H15BrClN3/c1-8(16)13-7-18(9(2)17-13)6-10-3-4-11(14)5-12(10)15/h3-5,7-8H,6,16H2,1-2H3. The zero-order chi connectivity index (χ0) is 13.3. The first kappa shape index (κ1) is 13.6. The van der Waals surface area contributed by atoms with Crippen LogP contribution in [0.2, 0.25) is 5.02 Å². The van der Waals surface area contributed by atoms with E-state index in [0.717, 1.165) is 26.6 Å². The largest absolute Gasteiger partial charge is 0.330 e. The first-order valence-electron chi connectivity index (χ1n) is 5.70. The molecule has 1 aromatic carbocycles. The van der Waals surface area contributed by atoms with E-state index < -0.39 is 0 Å². The van der Waals surface area contributed by atoms with Gasteiger partial charge < -0.3 is 10.3 Å². The van der Waals surface area contributed by atoms with Crippen LogP contribution in [0.5, 0.6) is 0 Å². The lowest BCUT2D eigenvalue weighted by molar-refractivity contribution is 0.759. The third-order valence-corrected chi connectivity index (χ3v) is 3.66. The summed E-state index contributed by atoms with van der Waals surface area (Å²) < 4.78 is 3.04. The second-order valence-electron chi connectivity index (χ2n) is 4.37. The van der Waals surface area contributed by atoms with Crippen LogP contribution in [0.25, 0.3) is 0 Å². The summed E-state index contributed by atoms with van der Waals surface area (Å²) in [7, 11) is 0. The van der Waals surface area contributed by atoms with E-state index in [-0.39, 0.29) is 6.04 Å². The average Bonchev–Trinajstić information content (AvgIpc) is 2.64. The van der Waals surface area contributed by atoms with Crippen molar-refractivity contribution in [3.05, 3.63) is 51.0 Å². The Hall–Kier alpha value is -0.840. The molecule has 1 atom stereocenters. The number of imidazole rings is 1. The molecule has 2 rings (SSSR count). The lowest BCUT2D eigenvalue weighted by atomic mass is 10.2. The van der Waals surface area contributed by atoms with Gasteiger partial charge >= 0.3 is 0 Å². The summed E-state index contributed by atoms with van der Waals surface area (Å²) in [6, 6.07) is 5.85. The normalized spacial score (nSPS) is 12.7. The van der Waals surface area contributed by atoms with Crippen LogP contribution in [0.1, 0.15) is 30.0 Å². The van der Waals surface area contributed by atoms with Gasteiger partial charge in [0.25, 0.3) is 0 Å². The van der Waals surface area contributed by atoms with Crippen LogP contribution in [0, 0.1) is 6.92 Å². The molecule has 96 valence electrons. The summed E-state index contributed by atoms with van der Waals surface area (Å²) in [5, 5.41) is 0.750. The summed E-state index contributed by atoms with van der Waals surface area (Å²) >= 11 is 9.61. The van der Waals surface area contributed by atoms with E-state index in [1.165, 1.54) is 0 Å². The highest BCUT2D eigenvalue weighted by Crippen LogP contribution is 2.23. The molecule has 0 amide bonds. The first-order chi connectivity index (χ1) is 8.47. The predicted molar refractivity (Wildman–Crippen MR) is 77.8 cm³/mol. The summed E-state index contributed by atoms with van der Waals surface area (Å²) in [6.07, 6.45) is 1.98. The van der Waals surface area contributed by atoms with Crippen LogP contribution >= 0.6 is 27.5 Å². The van der Waals surface area contributed by atoms with E-state index in [4.69, 9.17) is 17.3 Å². The molecule has 0 saturated heterocycles. The average molecular weight is 329 g/mol. The molecule has 5 heteroatoms. The Labute approximate surface area is 120 Å². The van der Waals surface area contributed by atoms with Crippen molar-refractivity contribution in [1.82, 2.24) is 9.55 Å². The molecule has 2 aromatic rings. The maximum atomic E-state index is 6.21. The monoisotopic (exact) mass is 327 g/mol. The van der Waals surface area contributed by atoms with Crippen LogP contribution < -0.4 is 5.73 Å². The van der Waals surface area contributed by atoms with Gasteiger partial charge in [-0.1, -0.05) is 33.6 Å². The van der Waals surface area contributed by atoms with Crippen molar-refractivity contribution in [2.24, 2.45) is 5.73 Å². The van der Waals surface area contributed by atoms with Crippen molar-refractivity contribution in [3.63, 3.8) is 0 Å². The number of aromatic nitrogens is 2. The van der Waals surface area contributed by atoms with Crippen LogP contribution in [0.15, 0.2) is 28.9 Å². The third-order valence-electron chi connectivity index (χ3n) is 2.82. The Morgan fingerprint density at radius 3 is 2.78 bits per heavy atom. The molecule has 0 bridgehead atoms. The number of halogens is 2. The molecule has 0 spiro atoms. The zero-order valence-electron chi connectivity index (χ0n) is 10.3. The second kappa shape index (κ2) is 5.43. The highest BCUT2D eigenvalue weighted by molar-refractivity contribution is 9.10. The van der Waals surface area contributed by atoms with Crippen molar-refractivity contribution in [2.45, 2.75) is 26.4 Å². The summed E-state index contributed by atoms with van der Waals surface area (Å²) in [5.41, 5.74) is 7.80. The molecule has 2 N–H and O–H groups in total. The maximum Gasteiger partial charge on any atom is 0.106 e. The van der Waals surface area contributed by atoms with Gasteiger partial charge in [-0.25, -0.2) is 4.98 Å². The Bertz CT molecular complexity index is 563. The first-order valence-corrected chi connectivity index (χ1v) is 6.87. The minimum atomic E-state index is -0.0506. The van der Waals surface area contributed by atoms with E-state index in [9.17, 15) is 0 Å². The molecule has 0 aliphatic rings. The van der Waals surface area contributed by atoms with E-state index in [2.05, 4.69) is 25.5 Å². The van der Waals surface area contributed by atoms with Crippen LogP contribution in [-0.2, 0) is 6.54 Å². The Kier molecular flexibility index (Phi) is 4.10. The Morgan fingerprint density at radius 1 is 1.50 bits per heavy atom. The quantitative estimate of drug-likeness (QED) is 0.934. The highest BCUT2D eigenvalue weighted by Gasteiger charge is 2.09.